The van der Waals surface area contributed by atoms with Crippen molar-refractivity contribution in [3.05, 3.63) is 0 Å². The van der Waals surface area contributed by atoms with Crippen molar-refractivity contribution in [2.75, 3.05) is 0 Å². The second kappa shape index (κ2) is 4.64. The molecule has 0 aromatic carbocycles. The van der Waals surface area contributed by atoms with E-state index in [0.29, 0.717) is 12.0 Å². The van der Waals surface area contributed by atoms with Crippen LogP contribution in [0.1, 0.15) is 51.4 Å². The Kier molecular flexibility index (Phi) is 3.22. The van der Waals surface area contributed by atoms with Crippen molar-refractivity contribution in [3.8, 4) is 0 Å². The molecule has 1 radical (unpaired) electrons. The molecule has 0 saturated heterocycles. The van der Waals surface area contributed by atoms with Gasteiger partial charge in [0.2, 0.25) is 0 Å². The van der Waals surface area contributed by atoms with Gasteiger partial charge in [-0.1, -0.05) is 18.0 Å². The quantitative estimate of drug-likeness (QED) is 0.483. The van der Waals surface area contributed by atoms with Crippen molar-refractivity contribution >= 4 is 6.21 Å². The summed E-state index contributed by atoms with van der Waals surface area (Å²) in [7, 11) is 0. The smallest absolute Gasteiger partial charge is 0.127 e. The van der Waals surface area contributed by atoms with Crippen LogP contribution in [0.4, 0.5) is 0 Å². The molecule has 0 atom stereocenters. The van der Waals surface area contributed by atoms with Gasteiger partial charge >= 0.3 is 0 Å². The van der Waals surface area contributed by atoms with Crippen LogP contribution in [0.25, 0.3) is 0 Å². The maximum atomic E-state index is 5.38. The third-order valence-corrected chi connectivity index (χ3v) is 3.09. The number of hydrogen-bond acceptors (Lipinski definition) is 2. The standard InChI is InChI=1S/C11H18NO/c1-2-6-10(5-1)9-12-13-11-7-3-4-8-11/h10-11H,1-8H2. The molecule has 2 aliphatic rings. The fourth-order valence-corrected chi connectivity index (χ4v) is 2.23. The lowest BCUT2D eigenvalue weighted by Gasteiger charge is -2.06. The summed E-state index contributed by atoms with van der Waals surface area (Å²) in [6.45, 7) is 0. The van der Waals surface area contributed by atoms with Crippen molar-refractivity contribution in [2.24, 2.45) is 11.1 Å². The highest BCUT2D eigenvalue weighted by atomic mass is 16.6. The Hall–Kier alpha value is -0.530. The summed E-state index contributed by atoms with van der Waals surface area (Å²) in [6, 6.07) is 0. The van der Waals surface area contributed by atoms with Gasteiger partial charge in [0.1, 0.15) is 12.3 Å². The largest absolute Gasteiger partial charge is 0.392 e. The van der Waals surface area contributed by atoms with E-state index in [0.717, 1.165) is 0 Å². The van der Waals surface area contributed by atoms with Crippen LogP contribution in [0.5, 0.6) is 0 Å². The highest BCUT2D eigenvalue weighted by molar-refractivity contribution is 5.60. The van der Waals surface area contributed by atoms with E-state index < -0.39 is 0 Å². The molecule has 0 bridgehead atoms. The summed E-state index contributed by atoms with van der Waals surface area (Å²) < 4.78 is 0. The third-order valence-electron chi connectivity index (χ3n) is 3.09. The molecule has 0 aromatic heterocycles. The van der Waals surface area contributed by atoms with E-state index in [1.165, 1.54) is 51.4 Å². The van der Waals surface area contributed by atoms with Gasteiger partial charge in [-0.3, -0.25) is 0 Å². The molecule has 0 N–H and O–H groups in total. The molecule has 2 aliphatic carbocycles. The second-order valence-corrected chi connectivity index (χ2v) is 4.21. The molecule has 0 heterocycles. The second-order valence-electron chi connectivity index (χ2n) is 4.21. The normalized spacial score (nSPS) is 26.2. The molecule has 0 aliphatic heterocycles. The Morgan fingerprint density at radius 3 is 2.23 bits per heavy atom. The zero-order chi connectivity index (χ0) is 8.93. The maximum absolute atomic E-state index is 5.38. The van der Waals surface area contributed by atoms with Gasteiger partial charge in [-0.25, -0.2) is 0 Å². The zero-order valence-electron chi connectivity index (χ0n) is 8.17. The summed E-state index contributed by atoms with van der Waals surface area (Å²) in [5, 5.41) is 3.99. The summed E-state index contributed by atoms with van der Waals surface area (Å²) in [5.74, 6) is 0.585. The maximum Gasteiger partial charge on any atom is 0.127 e. The van der Waals surface area contributed by atoms with Crippen molar-refractivity contribution < 1.29 is 4.84 Å². The van der Waals surface area contributed by atoms with E-state index in [9.17, 15) is 0 Å². The van der Waals surface area contributed by atoms with Crippen molar-refractivity contribution in [1.29, 1.82) is 0 Å². The van der Waals surface area contributed by atoms with Crippen LogP contribution in [0.15, 0.2) is 5.16 Å². The van der Waals surface area contributed by atoms with E-state index >= 15 is 0 Å². The fraction of sp³-hybridized carbons (Fsp3) is 0.909. The average molecular weight is 180 g/mol. The SMILES string of the molecule is [C](=N\OC1CCCC1)/C1CCCC1. The minimum absolute atomic E-state index is 0.397. The predicted octanol–water partition coefficient (Wildman–Crippen LogP) is 3.00. The van der Waals surface area contributed by atoms with Gasteiger partial charge in [-0.2, -0.15) is 0 Å². The van der Waals surface area contributed by atoms with E-state index in [2.05, 4.69) is 11.4 Å². The molecule has 0 spiro atoms. The van der Waals surface area contributed by atoms with Gasteiger partial charge < -0.3 is 4.84 Å². The van der Waals surface area contributed by atoms with E-state index in [-0.39, 0.29) is 0 Å². The first-order valence-corrected chi connectivity index (χ1v) is 5.56. The summed E-state index contributed by atoms with van der Waals surface area (Å²) in [4.78, 5) is 5.38. The molecule has 2 saturated carbocycles. The van der Waals surface area contributed by atoms with E-state index in [1.54, 1.807) is 0 Å². The average Bonchev–Trinajstić information content (AvgIpc) is 2.75. The topological polar surface area (TPSA) is 21.6 Å². The van der Waals surface area contributed by atoms with Gasteiger partial charge in [-0.15, -0.1) is 0 Å². The minimum atomic E-state index is 0.397. The molecule has 0 amide bonds. The summed E-state index contributed by atoms with van der Waals surface area (Å²) in [6.07, 6.45) is 13.7. The predicted molar refractivity (Wildman–Crippen MR) is 52.7 cm³/mol. The highest BCUT2D eigenvalue weighted by Crippen LogP contribution is 2.24. The number of nitrogens with zero attached hydrogens (tertiary/aromatic N) is 1. The molecule has 0 unspecified atom stereocenters. The Bertz CT molecular complexity index is 167. The van der Waals surface area contributed by atoms with Gasteiger partial charge in [0, 0.05) is 5.92 Å². The lowest BCUT2D eigenvalue weighted by molar-refractivity contribution is 0.0646. The van der Waals surface area contributed by atoms with Gasteiger partial charge in [0.25, 0.3) is 0 Å². The molecule has 2 heteroatoms. The summed E-state index contributed by atoms with van der Waals surface area (Å²) in [5.41, 5.74) is 0. The Labute approximate surface area is 80.3 Å². The molecular formula is C11H18NO. The van der Waals surface area contributed by atoms with Crippen LogP contribution in [0.2, 0.25) is 0 Å². The van der Waals surface area contributed by atoms with Crippen LogP contribution in [-0.4, -0.2) is 12.3 Å². The minimum Gasteiger partial charge on any atom is -0.392 e. The Morgan fingerprint density at radius 2 is 1.54 bits per heavy atom. The molecule has 2 nitrogen and oxygen atoms in total. The van der Waals surface area contributed by atoms with Crippen molar-refractivity contribution in [3.63, 3.8) is 0 Å². The molecule has 13 heavy (non-hydrogen) atoms. The Balaban J connectivity index is 1.65. The Morgan fingerprint density at radius 1 is 0.923 bits per heavy atom. The van der Waals surface area contributed by atoms with Crippen molar-refractivity contribution in [2.45, 2.75) is 57.5 Å². The van der Waals surface area contributed by atoms with Crippen LogP contribution in [0.3, 0.4) is 0 Å². The lowest BCUT2D eigenvalue weighted by Crippen LogP contribution is -2.04. The highest BCUT2D eigenvalue weighted by Gasteiger charge is 2.17. The third kappa shape index (κ3) is 2.71. The van der Waals surface area contributed by atoms with Gasteiger partial charge in [0.15, 0.2) is 0 Å². The van der Waals surface area contributed by atoms with Crippen molar-refractivity contribution in [1.82, 2.24) is 0 Å². The number of rotatable bonds is 3. The summed E-state index contributed by atoms with van der Waals surface area (Å²) >= 11 is 0. The van der Waals surface area contributed by atoms with E-state index in [1.807, 2.05) is 0 Å². The van der Waals surface area contributed by atoms with Crippen LogP contribution < -0.4 is 0 Å². The molecule has 0 aromatic rings. The van der Waals surface area contributed by atoms with Crippen LogP contribution in [-0.2, 0) is 4.84 Å². The van der Waals surface area contributed by atoms with E-state index in [4.69, 9.17) is 4.84 Å². The monoisotopic (exact) mass is 180 g/mol. The first-order chi connectivity index (χ1) is 6.45. The fourth-order valence-electron chi connectivity index (χ4n) is 2.23. The lowest BCUT2D eigenvalue weighted by atomic mass is 10.1. The number of hydrogen-bond donors (Lipinski definition) is 0. The molecule has 2 fully saturated rings. The zero-order valence-corrected chi connectivity index (χ0v) is 8.17. The van der Waals surface area contributed by atoms with Gasteiger partial charge in [0.05, 0.1) is 0 Å². The van der Waals surface area contributed by atoms with Crippen LogP contribution in [0, 0.1) is 5.92 Å². The van der Waals surface area contributed by atoms with Gasteiger partial charge in [-0.05, 0) is 38.5 Å². The molecule has 73 valence electrons. The molecule has 2 rings (SSSR count). The first-order valence-electron chi connectivity index (χ1n) is 5.56. The van der Waals surface area contributed by atoms with Crippen LogP contribution >= 0.6 is 0 Å². The molecular weight excluding hydrogens is 162 g/mol. The first kappa shape index (κ1) is 9.04.